The average Bonchev–Trinajstić information content (AvgIpc) is 3.26. The van der Waals surface area contributed by atoms with Crippen molar-refractivity contribution in [3.05, 3.63) is 60.4 Å². The molecule has 3 aromatic rings. The lowest BCUT2D eigenvalue weighted by molar-refractivity contribution is -0.250. The van der Waals surface area contributed by atoms with Crippen molar-refractivity contribution in [1.82, 2.24) is 5.16 Å². The van der Waals surface area contributed by atoms with Crippen LogP contribution in [0.5, 0.6) is 0 Å². The van der Waals surface area contributed by atoms with Crippen LogP contribution in [0.3, 0.4) is 0 Å². The Bertz CT molecular complexity index is 1520. The van der Waals surface area contributed by atoms with Gasteiger partial charge in [0, 0.05) is 30.3 Å². The maximum Gasteiger partial charge on any atom is 0.284 e. The smallest absolute Gasteiger partial charge is 0.284 e. The first-order chi connectivity index (χ1) is 18.5. The summed E-state index contributed by atoms with van der Waals surface area (Å²) in [6.07, 6.45) is -1.67. The number of ether oxygens (including phenoxy) is 2. The largest absolute Gasteiger partial charge is 0.599 e. The third-order valence-corrected chi connectivity index (χ3v) is 8.72. The Balaban J connectivity index is 1.50. The fourth-order valence-electron chi connectivity index (χ4n) is 3.08. The minimum absolute atomic E-state index is 0.0640. The summed E-state index contributed by atoms with van der Waals surface area (Å²) >= 11 is 0. The van der Waals surface area contributed by atoms with E-state index in [0.717, 1.165) is 17.4 Å². The molecule has 0 fully saturated rings. The van der Waals surface area contributed by atoms with Gasteiger partial charge in [-0.25, -0.2) is 8.42 Å². The quantitative estimate of drug-likeness (QED) is 0.125. The molecule has 16 heteroatoms. The number of aryl methyl sites for hydroxylation is 1. The third kappa shape index (κ3) is 9.49. The molecule has 0 amide bonds. The van der Waals surface area contributed by atoms with Crippen molar-refractivity contribution in [3.63, 3.8) is 0 Å². The molecule has 12 nitrogen and oxygen atoms in total. The van der Waals surface area contributed by atoms with E-state index in [9.17, 15) is 27.0 Å². The predicted octanol–water partition coefficient (Wildman–Crippen LogP) is 1.81. The van der Waals surface area contributed by atoms with E-state index >= 15 is 0 Å². The Morgan fingerprint density at radius 2 is 1.44 bits per heavy atom. The fourth-order valence-corrected chi connectivity index (χ4v) is 5.89. The van der Waals surface area contributed by atoms with E-state index < -0.39 is 32.2 Å². The summed E-state index contributed by atoms with van der Waals surface area (Å²) in [5.74, 6) is 1.26. The van der Waals surface area contributed by atoms with Gasteiger partial charge in [-0.1, -0.05) is 69.2 Å². The van der Waals surface area contributed by atoms with E-state index in [0.29, 0.717) is 28.5 Å². The van der Waals surface area contributed by atoms with Crippen molar-refractivity contribution in [2.24, 2.45) is 8.80 Å². The molecule has 0 saturated carbocycles. The monoisotopic (exact) mass is 613 g/mol. The van der Waals surface area contributed by atoms with Gasteiger partial charge in [0.25, 0.3) is 20.0 Å². The molecule has 0 spiro atoms. The number of nitrogens with zero attached hydrogens (tertiary/aromatic N) is 3. The van der Waals surface area contributed by atoms with E-state index in [-0.39, 0.29) is 18.1 Å². The molecule has 0 unspecified atom stereocenters. The van der Waals surface area contributed by atoms with Crippen molar-refractivity contribution >= 4 is 53.8 Å². The predicted molar refractivity (Wildman–Crippen MR) is 146 cm³/mol. The number of sulfonamides is 2. The maximum atomic E-state index is 12.5. The van der Waals surface area contributed by atoms with E-state index in [1.807, 2.05) is 30.3 Å². The zero-order valence-corrected chi connectivity index (χ0v) is 23.9. The van der Waals surface area contributed by atoms with Crippen LogP contribution in [0.1, 0.15) is 5.76 Å². The fraction of sp³-hybridized carbons (Fsp3) is 0.261. The minimum atomic E-state index is -4.30. The summed E-state index contributed by atoms with van der Waals surface area (Å²) in [6, 6.07) is 15.3. The van der Waals surface area contributed by atoms with E-state index in [4.69, 9.17) is 9.26 Å². The molecule has 39 heavy (non-hydrogen) atoms. The van der Waals surface area contributed by atoms with Crippen LogP contribution >= 0.6 is 21.6 Å². The Labute approximate surface area is 233 Å². The molecule has 0 bridgehead atoms. The molecule has 2 aromatic carbocycles. The second-order valence-corrected chi connectivity index (χ2v) is 13.6. The van der Waals surface area contributed by atoms with Crippen molar-refractivity contribution < 1.29 is 41.0 Å². The van der Waals surface area contributed by atoms with Gasteiger partial charge in [0.2, 0.25) is 0 Å². The molecule has 0 radical (unpaired) electrons. The Hall–Kier alpha value is -3.21. The molecule has 0 aliphatic heterocycles. The molecule has 3 rings (SSSR count). The number of hydrogen-bond donors (Lipinski definition) is 0. The second kappa shape index (κ2) is 13.7. The number of hydrogen-bond acceptors (Lipinski definition) is 12. The lowest BCUT2D eigenvalue weighted by Crippen LogP contribution is -2.24. The lowest BCUT2D eigenvalue weighted by Gasteiger charge is -2.14. The van der Waals surface area contributed by atoms with Gasteiger partial charge in [-0.3, -0.25) is 0 Å². The van der Waals surface area contributed by atoms with Crippen molar-refractivity contribution in [2.75, 3.05) is 31.0 Å². The van der Waals surface area contributed by atoms with E-state index in [1.54, 1.807) is 19.1 Å². The van der Waals surface area contributed by atoms with Gasteiger partial charge in [0.1, 0.15) is 11.5 Å². The molecule has 1 heterocycles. The second-order valence-electron chi connectivity index (χ2n) is 7.62. The summed E-state index contributed by atoms with van der Waals surface area (Å²) in [6.45, 7) is 1.62. The summed E-state index contributed by atoms with van der Waals surface area (Å²) in [7, 11) is -5.56. The van der Waals surface area contributed by atoms with Gasteiger partial charge in [0.05, 0.1) is 16.7 Å². The van der Waals surface area contributed by atoms with E-state index in [1.165, 1.54) is 33.7 Å². The van der Waals surface area contributed by atoms with Crippen LogP contribution in [0.4, 0.5) is 0 Å². The van der Waals surface area contributed by atoms with Gasteiger partial charge in [0.15, 0.2) is 12.2 Å². The third-order valence-electron chi connectivity index (χ3n) is 4.65. The zero-order chi connectivity index (χ0) is 28.5. The number of benzene rings is 2. The summed E-state index contributed by atoms with van der Waals surface area (Å²) < 4.78 is 67.6. The van der Waals surface area contributed by atoms with Gasteiger partial charge < -0.3 is 24.2 Å². The van der Waals surface area contributed by atoms with E-state index in [2.05, 4.69) is 18.7 Å². The minimum Gasteiger partial charge on any atom is -0.599 e. The first kappa shape index (κ1) is 30.3. The number of aromatic nitrogens is 1. The molecule has 0 N–H and O–H groups in total. The highest BCUT2D eigenvalue weighted by Gasteiger charge is 2.18. The highest BCUT2D eigenvalue weighted by molar-refractivity contribution is 8.76. The average molecular weight is 614 g/mol. The van der Waals surface area contributed by atoms with Gasteiger partial charge >= 0.3 is 0 Å². The van der Waals surface area contributed by atoms with Gasteiger partial charge in [-0.05, 0) is 24.6 Å². The molecule has 0 aliphatic carbocycles. The topological polar surface area (TPSA) is 184 Å². The highest BCUT2D eigenvalue weighted by Crippen LogP contribution is 2.34. The Morgan fingerprint density at radius 3 is 2.00 bits per heavy atom. The van der Waals surface area contributed by atoms with Crippen LogP contribution in [-0.2, 0) is 29.5 Å². The molecule has 0 atom stereocenters. The Kier molecular flexibility index (Phi) is 10.7. The van der Waals surface area contributed by atoms with Crippen molar-refractivity contribution in [3.8, 4) is 22.4 Å². The highest BCUT2D eigenvalue weighted by atomic mass is 33.1. The standard InChI is InChI=1S/C23H25N3O9S4/c1-16-20(17-6-4-3-5-7-17)21(24-35-16)18-8-10-19(11-9-18)39(31,32)26-23(28)34-13-15-37-36-14-12-33-22(27)25-38(2,29)30/h3-11H,12-15H2,1-2H3,(H,25,27)(H,26,28)/p-2. The maximum absolute atomic E-state index is 12.5. The van der Waals surface area contributed by atoms with Crippen LogP contribution in [-0.4, -0.2) is 65.1 Å². The normalized spacial score (nSPS) is 12.9. The van der Waals surface area contributed by atoms with Crippen LogP contribution in [0, 0.1) is 6.92 Å². The first-order valence-corrected chi connectivity index (χ1v) is 16.8. The van der Waals surface area contributed by atoms with Crippen molar-refractivity contribution in [1.29, 1.82) is 0 Å². The first-order valence-electron chi connectivity index (χ1n) is 11.1. The molecular formula is C23H23N3O9S4-2. The number of rotatable bonds is 12. The lowest BCUT2D eigenvalue weighted by atomic mass is 10.00. The van der Waals surface area contributed by atoms with Crippen LogP contribution in [0.2, 0.25) is 0 Å². The van der Waals surface area contributed by atoms with Gasteiger partial charge in [-0.2, -0.15) is 8.42 Å². The SMILES string of the molecule is Cc1onc(-c2ccc(S(=O)(=O)/N=C(\[O-])OCCSSCCOC([O-])=NS(C)(=O)=O)cc2)c1-c1ccccc1. The zero-order valence-electron chi connectivity index (χ0n) is 20.7. The van der Waals surface area contributed by atoms with Gasteiger partial charge in [-0.15, -0.1) is 8.80 Å². The summed E-state index contributed by atoms with van der Waals surface area (Å²) in [5, 5.41) is 27.2. The molecule has 0 saturated heterocycles. The van der Waals surface area contributed by atoms with Crippen molar-refractivity contribution in [2.45, 2.75) is 11.8 Å². The Morgan fingerprint density at radius 1 is 0.872 bits per heavy atom. The summed E-state index contributed by atoms with van der Waals surface area (Å²) in [4.78, 5) is -0.188. The van der Waals surface area contributed by atoms with Crippen LogP contribution in [0.15, 0.2) is 72.8 Å². The molecule has 1 aromatic heterocycles. The molecule has 0 aliphatic rings. The van der Waals surface area contributed by atoms with Crippen LogP contribution < -0.4 is 10.2 Å². The summed E-state index contributed by atoms with van der Waals surface area (Å²) in [5.41, 5.74) is 2.87. The molecular weight excluding hydrogens is 591 g/mol. The molecule has 210 valence electrons. The van der Waals surface area contributed by atoms with Crippen LogP contribution in [0.25, 0.3) is 22.4 Å².